The lowest BCUT2D eigenvalue weighted by molar-refractivity contribution is -0.132. The maximum absolute atomic E-state index is 11.0. The first-order valence-electron chi connectivity index (χ1n) is 6.60. The van der Waals surface area contributed by atoms with Gasteiger partial charge in [-0.2, -0.15) is 15.6 Å². The van der Waals surface area contributed by atoms with E-state index in [2.05, 4.69) is 5.10 Å². The highest BCUT2D eigenvalue weighted by molar-refractivity contribution is 6.30. The van der Waals surface area contributed by atoms with Crippen LogP contribution >= 0.6 is 11.6 Å². The van der Waals surface area contributed by atoms with Crippen LogP contribution in [0.2, 0.25) is 5.02 Å². The highest BCUT2D eigenvalue weighted by Crippen LogP contribution is 2.26. The molecule has 0 aliphatic carbocycles. The molecular formula is C16H11ClN4O2. The number of nitrogens with zero attached hydrogens (tertiary/aromatic N) is 4. The summed E-state index contributed by atoms with van der Waals surface area (Å²) in [4.78, 5) is 11.0. The summed E-state index contributed by atoms with van der Waals surface area (Å²) in [5.41, 5.74) is 1.28. The van der Waals surface area contributed by atoms with Gasteiger partial charge in [0.1, 0.15) is 11.6 Å². The Hall–Kier alpha value is -3.09. The number of carbonyl (C=O) groups is 1. The molecule has 0 spiro atoms. The Morgan fingerprint density at radius 2 is 2.22 bits per heavy atom. The molecule has 0 aliphatic heterocycles. The highest BCUT2D eigenvalue weighted by atomic mass is 35.5. The molecular weight excluding hydrogens is 316 g/mol. The van der Waals surface area contributed by atoms with Crippen LogP contribution in [-0.4, -0.2) is 20.9 Å². The minimum Gasteiger partial charge on any atom is -0.477 e. The number of hydrogen-bond donors (Lipinski definition) is 1. The number of carboxylic acid groups (broad SMARTS) is 1. The van der Waals surface area contributed by atoms with Gasteiger partial charge in [0.2, 0.25) is 0 Å². The summed E-state index contributed by atoms with van der Waals surface area (Å²) in [5.74, 6) is -1.31. The van der Waals surface area contributed by atoms with E-state index >= 15 is 0 Å². The van der Waals surface area contributed by atoms with Crippen molar-refractivity contribution in [3.63, 3.8) is 0 Å². The molecule has 0 atom stereocenters. The molecule has 114 valence electrons. The Balaban J connectivity index is 2.56. The van der Waals surface area contributed by atoms with Crippen molar-refractivity contribution in [1.82, 2.24) is 9.78 Å². The highest BCUT2D eigenvalue weighted by Gasteiger charge is 2.13. The van der Waals surface area contributed by atoms with Crippen LogP contribution in [0.15, 0.2) is 36.0 Å². The van der Waals surface area contributed by atoms with Crippen molar-refractivity contribution >= 4 is 23.6 Å². The molecule has 0 unspecified atom stereocenters. The standard InChI is InChI=1S/C16H11ClN4O2/c17-14-4-1-3-11(8-14)15-13(7-12(9-19)16(22)23)10-21(20-15)6-2-5-18/h1,3-4,7-8,10H,2,6H2,(H,22,23)/b12-7+. The third-order valence-electron chi connectivity index (χ3n) is 2.99. The fourth-order valence-electron chi connectivity index (χ4n) is 1.98. The molecule has 2 aromatic rings. The van der Waals surface area contributed by atoms with Crippen molar-refractivity contribution in [3.05, 3.63) is 46.6 Å². The Labute approximate surface area is 137 Å². The van der Waals surface area contributed by atoms with Crippen LogP contribution in [0.1, 0.15) is 12.0 Å². The Morgan fingerprint density at radius 3 is 2.83 bits per heavy atom. The molecule has 0 saturated heterocycles. The van der Waals surface area contributed by atoms with E-state index < -0.39 is 11.5 Å². The van der Waals surface area contributed by atoms with Gasteiger partial charge in [0.05, 0.1) is 24.7 Å². The number of aromatic nitrogens is 2. The molecule has 0 aliphatic rings. The molecule has 2 rings (SSSR count). The average molecular weight is 327 g/mol. The lowest BCUT2D eigenvalue weighted by atomic mass is 10.1. The number of benzene rings is 1. The maximum Gasteiger partial charge on any atom is 0.346 e. The molecule has 0 bridgehead atoms. The summed E-state index contributed by atoms with van der Waals surface area (Å²) in [6.45, 7) is 0.368. The molecule has 7 heteroatoms. The van der Waals surface area contributed by atoms with E-state index in [1.807, 2.05) is 6.07 Å². The molecule has 1 N–H and O–H groups in total. The number of nitriles is 2. The van der Waals surface area contributed by atoms with Gasteiger partial charge in [-0.3, -0.25) is 4.68 Å². The van der Waals surface area contributed by atoms with Crippen molar-refractivity contribution in [2.24, 2.45) is 0 Å². The molecule has 0 saturated carbocycles. The summed E-state index contributed by atoms with van der Waals surface area (Å²) >= 11 is 5.98. The predicted molar refractivity (Wildman–Crippen MR) is 84.1 cm³/mol. The van der Waals surface area contributed by atoms with E-state index in [0.717, 1.165) is 0 Å². The SMILES string of the molecule is N#CCCn1cc(/C=C(\C#N)C(=O)O)c(-c2cccc(Cl)c2)n1. The summed E-state index contributed by atoms with van der Waals surface area (Å²) in [5, 5.41) is 31.5. The van der Waals surface area contributed by atoms with E-state index in [1.165, 1.54) is 6.08 Å². The molecule has 0 amide bonds. The Morgan fingerprint density at radius 1 is 1.43 bits per heavy atom. The van der Waals surface area contributed by atoms with Crippen LogP contribution in [0.5, 0.6) is 0 Å². The van der Waals surface area contributed by atoms with Gasteiger partial charge >= 0.3 is 5.97 Å². The second kappa shape index (κ2) is 7.26. The molecule has 1 heterocycles. The summed E-state index contributed by atoms with van der Waals surface area (Å²) in [7, 11) is 0. The van der Waals surface area contributed by atoms with E-state index in [-0.39, 0.29) is 6.42 Å². The number of rotatable bonds is 5. The summed E-state index contributed by atoms with van der Waals surface area (Å²) in [6, 6.07) is 10.6. The number of halogens is 1. The summed E-state index contributed by atoms with van der Waals surface area (Å²) < 4.78 is 1.54. The number of carboxylic acids is 1. The van der Waals surface area contributed by atoms with Crippen molar-refractivity contribution < 1.29 is 9.90 Å². The fourth-order valence-corrected chi connectivity index (χ4v) is 2.17. The molecule has 1 aromatic carbocycles. The average Bonchev–Trinajstić information content (AvgIpc) is 2.93. The molecule has 0 fully saturated rings. The van der Waals surface area contributed by atoms with Crippen LogP contribution in [0.3, 0.4) is 0 Å². The number of aryl methyl sites for hydroxylation is 1. The predicted octanol–water partition coefficient (Wildman–Crippen LogP) is 3.11. The van der Waals surface area contributed by atoms with Crippen molar-refractivity contribution in [1.29, 1.82) is 10.5 Å². The van der Waals surface area contributed by atoms with Gasteiger partial charge in [-0.25, -0.2) is 4.79 Å². The van der Waals surface area contributed by atoms with Crippen molar-refractivity contribution in [2.45, 2.75) is 13.0 Å². The lowest BCUT2D eigenvalue weighted by Crippen LogP contribution is -1.97. The van der Waals surface area contributed by atoms with Crippen molar-refractivity contribution in [3.8, 4) is 23.4 Å². The van der Waals surface area contributed by atoms with Gasteiger partial charge in [-0.05, 0) is 18.2 Å². The van der Waals surface area contributed by atoms with Crippen LogP contribution in [0.4, 0.5) is 0 Å². The van der Waals surface area contributed by atoms with E-state index in [9.17, 15) is 4.79 Å². The van der Waals surface area contributed by atoms with Gasteiger partial charge in [0, 0.05) is 22.3 Å². The zero-order valence-corrected chi connectivity index (χ0v) is 12.7. The second-order valence-corrected chi connectivity index (χ2v) is 5.03. The first-order valence-corrected chi connectivity index (χ1v) is 6.98. The van der Waals surface area contributed by atoms with Gasteiger partial charge in [-0.1, -0.05) is 23.7 Å². The fraction of sp³-hybridized carbons (Fsp3) is 0.125. The van der Waals surface area contributed by atoms with E-state index in [1.54, 1.807) is 41.2 Å². The van der Waals surface area contributed by atoms with Crippen molar-refractivity contribution in [2.75, 3.05) is 0 Å². The molecule has 0 radical (unpaired) electrons. The van der Waals surface area contributed by atoms with Gasteiger partial charge in [-0.15, -0.1) is 0 Å². The smallest absolute Gasteiger partial charge is 0.346 e. The third-order valence-corrected chi connectivity index (χ3v) is 3.23. The zero-order chi connectivity index (χ0) is 16.8. The number of aliphatic carboxylic acids is 1. The molecule has 1 aromatic heterocycles. The molecule has 23 heavy (non-hydrogen) atoms. The van der Waals surface area contributed by atoms with Crippen LogP contribution in [0, 0.1) is 22.7 Å². The lowest BCUT2D eigenvalue weighted by Gasteiger charge is -2.00. The minimum absolute atomic E-state index is 0.268. The monoisotopic (exact) mass is 326 g/mol. The second-order valence-electron chi connectivity index (χ2n) is 4.59. The third kappa shape index (κ3) is 3.97. The van der Waals surface area contributed by atoms with Crippen LogP contribution < -0.4 is 0 Å². The number of hydrogen-bond acceptors (Lipinski definition) is 4. The largest absolute Gasteiger partial charge is 0.477 e. The maximum atomic E-state index is 11.0. The summed E-state index contributed by atoms with van der Waals surface area (Å²) in [6.07, 6.45) is 3.13. The normalized spacial score (nSPS) is 10.8. The van der Waals surface area contributed by atoms with Gasteiger partial charge < -0.3 is 5.11 Å². The molecule has 6 nitrogen and oxygen atoms in total. The van der Waals surface area contributed by atoms with Gasteiger partial charge in [0.15, 0.2) is 0 Å². The Bertz CT molecular complexity index is 856. The van der Waals surface area contributed by atoms with E-state index in [4.69, 9.17) is 27.2 Å². The first-order chi connectivity index (χ1) is 11.0. The van der Waals surface area contributed by atoms with E-state index in [0.29, 0.717) is 28.4 Å². The zero-order valence-electron chi connectivity index (χ0n) is 11.9. The topological polar surface area (TPSA) is 103 Å². The van der Waals surface area contributed by atoms with Crippen LogP contribution in [0.25, 0.3) is 17.3 Å². The first kappa shape index (κ1) is 16.3. The van der Waals surface area contributed by atoms with Crippen LogP contribution in [-0.2, 0) is 11.3 Å². The van der Waals surface area contributed by atoms with Gasteiger partial charge in [0.25, 0.3) is 0 Å². The quantitative estimate of drug-likeness (QED) is 0.671. The Kier molecular flexibility index (Phi) is 5.14. The minimum atomic E-state index is -1.31.